The van der Waals surface area contributed by atoms with E-state index in [1.54, 1.807) is 4.68 Å². The van der Waals surface area contributed by atoms with Crippen molar-refractivity contribution in [2.24, 2.45) is 5.92 Å². The molecule has 0 spiro atoms. The first-order valence-electron chi connectivity index (χ1n) is 7.75. The van der Waals surface area contributed by atoms with Crippen LogP contribution < -0.4 is 5.32 Å². The van der Waals surface area contributed by atoms with Gasteiger partial charge in [0.15, 0.2) is 5.78 Å². The summed E-state index contributed by atoms with van der Waals surface area (Å²) in [5.74, 6) is 1.88. The molecular weight excluding hydrogens is 312 g/mol. The van der Waals surface area contributed by atoms with Gasteiger partial charge in [-0.15, -0.1) is 0 Å². The molecule has 1 aromatic heterocycles. The van der Waals surface area contributed by atoms with Crippen molar-refractivity contribution in [3.05, 3.63) is 51.9 Å². The van der Waals surface area contributed by atoms with Gasteiger partial charge in [-0.25, -0.2) is 4.68 Å². The Morgan fingerprint density at radius 2 is 2.17 bits per heavy atom. The van der Waals surface area contributed by atoms with Crippen molar-refractivity contribution >= 4 is 23.3 Å². The number of aryl methyl sites for hydroxylation is 1. The number of ketones is 1. The number of nitrogens with one attached hydrogen (secondary N) is 1. The largest absolute Gasteiger partial charge is 0.328 e. The lowest BCUT2D eigenvalue weighted by atomic mass is 9.81. The van der Waals surface area contributed by atoms with Crippen LogP contribution in [-0.2, 0) is 4.79 Å². The molecule has 0 saturated carbocycles. The molecule has 5 nitrogen and oxygen atoms in total. The lowest BCUT2D eigenvalue weighted by molar-refractivity contribution is -0.117. The summed E-state index contributed by atoms with van der Waals surface area (Å²) in [5.41, 5.74) is 2.72. The van der Waals surface area contributed by atoms with E-state index in [0.29, 0.717) is 29.1 Å². The van der Waals surface area contributed by atoms with E-state index in [1.165, 1.54) is 0 Å². The molecule has 0 bridgehead atoms. The number of hydrogen-bond acceptors (Lipinski definition) is 4. The van der Waals surface area contributed by atoms with Crippen LogP contribution in [0.2, 0.25) is 5.02 Å². The van der Waals surface area contributed by atoms with Crippen molar-refractivity contribution in [1.82, 2.24) is 14.8 Å². The van der Waals surface area contributed by atoms with Crippen molar-refractivity contribution in [3.8, 4) is 0 Å². The van der Waals surface area contributed by atoms with Crippen molar-refractivity contribution in [3.63, 3.8) is 0 Å². The average molecular weight is 329 g/mol. The highest BCUT2D eigenvalue weighted by Crippen LogP contribution is 2.41. The number of rotatable bonds is 1. The fourth-order valence-electron chi connectivity index (χ4n) is 3.50. The molecule has 4 rings (SSSR count). The van der Waals surface area contributed by atoms with Gasteiger partial charge < -0.3 is 5.32 Å². The minimum atomic E-state index is -0.263. The Bertz CT molecular complexity index is 839. The van der Waals surface area contributed by atoms with E-state index >= 15 is 0 Å². The molecule has 1 aliphatic carbocycles. The SMILES string of the molecule is Cc1nc2n(n1)C(c1cccc(Cl)c1)C1=C(CC(C)CC1=O)N2. The maximum Gasteiger partial charge on any atom is 0.226 e. The number of carbonyl (C=O) groups excluding carboxylic acids is 1. The molecule has 1 N–H and O–H groups in total. The third-order valence-corrected chi connectivity index (χ3v) is 4.63. The number of anilines is 1. The number of halogens is 1. The van der Waals surface area contributed by atoms with E-state index in [4.69, 9.17) is 11.6 Å². The highest BCUT2D eigenvalue weighted by Gasteiger charge is 2.38. The fraction of sp³-hybridized carbons (Fsp3) is 0.353. The molecule has 0 saturated heterocycles. The van der Waals surface area contributed by atoms with Crippen LogP contribution in [0.3, 0.4) is 0 Å². The third-order valence-electron chi connectivity index (χ3n) is 4.39. The first-order valence-corrected chi connectivity index (χ1v) is 8.12. The summed E-state index contributed by atoms with van der Waals surface area (Å²) in [6.07, 6.45) is 1.42. The van der Waals surface area contributed by atoms with Crippen molar-refractivity contribution in [1.29, 1.82) is 0 Å². The number of carbonyl (C=O) groups is 1. The first-order chi connectivity index (χ1) is 11.0. The van der Waals surface area contributed by atoms with Gasteiger partial charge in [0.2, 0.25) is 5.95 Å². The Labute approximate surface area is 139 Å². The van der Waals surface area contributed by atoms with E-state index < -0.39 is 0 Å². The van der Waals surface area contributed by atoms with Crippen LogP contribution in [0.4, 0.5) is 5.95 Å². The van der Waals surface area contributed by atoms with Crippen molar-refractivity contribution in [2.75, 3.05) is 5.32 Å². The fourth-order valence-corrected chi connectivity index (χ4v) is 3.70. The van der Waals surface area contributed by atoms with Gasteiger partial charge in [0, 0.05) is 22.7 Å². The quantitative estimate of drug-likeness (QED) is 0.870. The van der Waals surface area contributed by atoms with Gasteiger partial charge in [-0.2, -0.15) is 10.1 Å². The molecule has 2 atom stereocenters. The molecule has 2 unspecified atom stereocenters. The second-order valence-electron chi connectivity index (χ2n) is 6.34. The molecule has 23 heavy (non-hydrogen) atoms. The normalized spacial score (nSPS) is 23.3. The van der Waals surface area contributed by atoms with Crippen LogP contribution in [-0.4, -0.2) is 20.5 Å². The van der Waals surface area contributed by atoms with Gasteiger partial charge in [-0.3, -0.25) is 4.79 Å². The number of benzene rings is 1. The maximum atomic E-state index is 12.7. The van der Waals surface area contributed by atoms with Crippen LogP contribution in [0.15, 0.2) is 35.5 Å². The first kappa shape index (κ1) is 14.5. The van der Waals surface area contributed by atoms with Crippen LogP contribution in [0, 0.1) is 12.8 Å². The van der Waals surface area contributed by atoms with Crippen molar-refractivity contribution in [2.45, 2.75) is 32.7 Å². The van der Waals surface area contributed by atoms with Gasteiger partial charge in [-0.1, -0.05) is 30.7 Å². The number of allylic oxidation sites excluding steroid dienone is 2. The minimum Gasteiger partial charge on any atom is -0.328 e. The summed E-state index contributed by atoms with van der Waals surface area (Å²) in [7, 11) is 0. The summed E-state index contributed by atoms with van der Waals surface area (Å²) >= 11 is 6.17. The predicted octanol–water partition coefficient (Wildman–Crippen LogP) is 3.51. The lowest BCUT2D eigenvalue weighted by Gasteiger charge is -2.34. The highest BCUT2D eigenvalue weighted by atomic mass is 35.5. The smallest absolute Gasteiger partial charge is 0.226 e. The molecule has 1 aromatic carbocycles. The number of aromatic nitrogens is 3. The summed E-state index contributed by atoms with van der Waals surface area (Å²) in [5, 5.41) is 8.46. The standard InChI is InChI=1S/C17H17ClN4O/c1-9-6-13-15(14(23)7-9)16(11-4-3-5-12(18)8-11)22-17(20-13)19-10(2)21-22/h3-5,8-9,16H,6-7H2,1-2H3,(H,19,20,21). The van der Waals surface area contributed by atoms with Gasteiger partial charge in [0.1, 0.15) is 11.9 Å². The Hall–Kier alpha value is -2.14. The molecular formula is C17H17ClN4O. The maximum absolute atomic E-state index is 12.7. The molecule has 6 heteroatoms. The molecule has 118 valence electrons. The zero-order valence-electron chi connectivity index (χ0n) is 13.0. The van der Waals surface area contributed by atoms with Crippen molar-refractivity contribution < 1.29 is 4.79 Å². The van der Waals surface area contributed by atoms with Crippen LogP contribution in [0.5, 0.6) is 0 Å². The molecule has 2 aromatic rings. The second-order valence-corrected chi connectivity index (χ2v) is 6.77. The summed E-state index contributed by atoms with van der Waals surface area (Å²) in [6.45, 7) is 3.95. The van der Waals surface area contributed by atoms with Crippen LogP contribution in [0.1, 0.15) is 37.2 Å². The molecule has 0 fully saturated rings. The predicted molar refractivity (Wildman–Crippen MR) is 88.4 cm³/mol. The van der Waals surface area contributed by atoms with Crippen LogP contribution in [0.25, 0.3) is 0 Å². The zero-order valence-corrected chi connectivity index (χ0v) is 13.8. The van der Waals surface area contributed by atoms with E-state index in [2.05, 4.69) is 22.3 Å². The average Bonchev–Trinajstić information content (AvgIpc) is 2.84. The third kappa shape index (κ3) is 2.36. The molecule has 2 heterocycles. The summed E-state index contributed by atoms with van der Waals surface area (Å²) in [4.78, 5) is 17.2. The second kappa shape index (κ2) is 5.20. The number of nitrogens with zero attached hydrogens (tertiary/aromatic N) is 3. The highest BCUT2D eigenvalue weighted by molar-refractivity contribution is 6.30. The Balaban J connectivity index is 1.93. The Morgan fingerprint density at radius 3 is 2.96 bits per heavy atom. The van der Waals surface area contributed by atoms with E-state index in [1.807, 2.05) is 31.2 Å². The zero-order chi connectivity index (χ0) is 16.1. The van der Waals surface area contributed by atoms with E-state index in [-0.39, 0.29) is 11.8 Å². The summed E-state index contributed by atoms with van der Waals surface area (Å²) in [6, 6.07) is 7.35. The Kier molecular flexibility index (Phi) is 3.27. The monoisotopic (exact) mass is 328 g/mol. The Morgan fingerprint density at radius 1 is 1.35 bits per heavy atom. The molecule has 0 radical (unpaired) electrons. The summed E-state index contributed by atoms with van der Waals surface area (Å²) < 4.78 is 1.80. The van der Waals surface area contributed by atoms with Gasteiger partial charge in [0.05, 0.1) is 0 Å². The van der Waals surface area contributed by atoms with Gasteiger partial charge >= 0.3 is 0 Å². The minimum absolute atomic E-state index is 0.176. The number of hydrogen-bond donors (Lipinski definition) is 1. The molecule has 0 amide bonds. The van der Waals surface area contributed by atoms with E-state index in [9.17, 15) is 4.79 Å². The molecule has 2 aliphatic rings. The van der Waals surface area contributed by atoms with Gasteiger partial charge in [0.25, 0.3) is 0 Å². The van der Waals surface area contributed by atoms with E-state index in [0.717, 1.165) is 23.3 Å². The lowest BCUT2D eigenvalue weighted by Crippen LogP contribution is -2.33. The molecule has 1 aliphatic heterocycles. The van der Waals surface area contributed by atoms with Gasteiger partial charge in [-0.05, 0) is 37.0 Å². The number of fused-ring (bicyclic) bond motifs is 1. The topological polar surface area (TPSA) is 59.8 Å². The number of Topliss-reactive ketones (excluding diaryl/α,β-unsaturated/α-hetero) is 1. The van der Waals surface area contributed by atoms with Crippen LogP contribution >= 0.6 is 11.6 Å².